The number of carbonyl (C=O) groups is 2. The first-order chi connectivity index (χ1) is 9.47. The maximum absolute atomic E-state index is 12.2. The number of hydrogen-bond acceptors (Lipinski definition) is 2. The molecular formula is C14H15Cl2NO3. The molecule has 1 heterocycles. The predicted molar refractivity (Wildman–Crippen MR) is 77.1 cm³/mol. The monoisotopic (exact) mass is 315 g/mol. The maximum Gasteiger partial charge on any atom is 0.308 e. The summed E-state index contributed by atoms with van der Waals surface area (Å²) in [5.41, 5.74) is 0.779. The van der Waals surface area contributed by atoms with Crippen LogP contribution in [0.3, 0.4) is 0 Å². The van der Waals surface area contributed by atoms with Crippen molar-refractivity contribution in [2.45, 2.75) is 19.3 Å². The van der Waals surface area contributed by atoms with E-state index in [0.717, 1.165) is 12.0 Å². The van der Waals surface area contributed by atoms with E-state index in [9.17, 15) is 9.59 Å². The highest BCUT2D eigenvalue weighted by Gasteiger charge is 2.27. The van der Waals surface area contributed by atoms with E-state index in [1.165, 1.54) is 0 Å². The van der Waals surface area contributed by atoms with Crippen molar-refractivity contribution in [1.29, 1.82) is 0 Å². The number of piperidine rings is 1. The first-order valence-corrected chi connectivity index (χ1v) is 7.17. The molecule has 0 aliphatic carbocycles. The van der Waals surface area contributed by atoms with Crippen LogP contribution in [0.15, 0.2) is 18.2 Å². The SMILES string of the molecule is O=C(O)C1CCCN(C(=O)Cc2ccc(Cl)c(Cl)c2)C1. The Kier molecular flexibility index (Phi) is 4.89. The fourth-order valence-electron chi connectivity index (χ4n) is 2.34. The lowest BCUT2D eigenvalue weighted by Gasteiger charge is -2.30. The molecule has 1 aliphatic rings. The zero-order valence-corrected chi connectivity index (χ0v) is 12.3. The van der Waals surface area contributed by atoms with Gasteiger partial charge in [0.05, 0.1) is 22.4 Å². The topological polar surface area (TPSA) is 57.6 Å². The van der Waals surface area contributed by atoms with Gasteiger partial charge in [-0.05, 0) is 30.5 Å². The molecule has 20 heavy (non-hydrogen) atoms. The molecule has 1 fully saturated rings. The van der Waals surface area contributed by atoms with E-state index in [4.69, 9.17) is 28.3 Å². The molecule has 1 amide bonds. The fourth-order valence-corrected chi connectivity index (χ4v) is 2.66. The summed E-state index contributed by atoms with van der Waals surface area (Å²) in [5, 5.41) is 9.89. The van der Waals surface area contributed by atoms with Crippen LogP contribution in [-0.2, 0) is 16.0 Å². The van der Waals surface area contributed by atoms with Gasteiger partial charge in [-0.15, -0.1) is 0 Å². The Hall–Kier alpha value is -1.26. The zero-order valence-electron chi connectivity index (χ0n) is 10.8. The van der Waals surface area contributed by atoms with E-state index in [1.54, 1.807) is 23.1 Å². The fraction of sp³-hybridized carbons (Fsp3) is 0.429. The molecule has 1 aromatic carbocycles. The van der Waals surface area contributed by atoms with Gasteiger partial charge in [0, 0.05) is 13.1 Å². The van der Waals surface area contributed by atoms with Gasteiger partial charge in [-0.25, -0.2) is 0 Å². The lowest BCUT2D eigenvalue weighted by Crippen LogP contribution is -2.42. The van der Waals surface area contributed by atoms with E-state index in [1.807, 2.05) is 0 Å². The number of hydrogen-bond donors (Lipinski definition) is 1. The van der Waals surface area contributed by atoms with Gasteiger partial charge < -0.3 is 10.0 Å². The van der Waals surface area contributed by atoms with Crippen molar-refractivity contribution in [1.82, 2.24) is 4.90 Å². The molecule has 0 aromatic heterocycles. The Morgan fingerprint density at radius 3 is 2.70 bits per heavy atom. The Labute approximate surface area is 127 Å². The van der Waals surface area contributed by atoms with E-state index < -0.39 is 11.9 Å². The number of halogens is 2. The minimum Gasteiger partial charge on any atom is -0.481 e. The molecule has 1 aromatic rings. The summed E-state index contributed by atoms with van der Waals surface area (Å²) in [6, 6.07) is 5.08. The summed E-state index contributed by atoms with van der Waals surface area (Å²) in [6.07, 6.45) is 1.57. The second-order valence-electron chi connectivity index (χ2n) is 4.94. The number of amides is 1. The quantitative estimate of drug-likeness (QED) is 0.933. The lowest BCUT2D eigenvalue weighted by molar-refractivity contribution is -0.145. The molecule has 0 bridgehead atoms. The molecular weight excluding hydrogens is 301 g/mol. The summed E-state index contributed by atoms with van der Waals surface area (Å²) >= 11 is 11.7. The van der Waals surface area contributed by atoms with Crippen LogP contribution in [0.2, 0.25) is 10.0 Å². The van der Waals surface area contributed by atoms with E-state index in [2.05, 4.69) is 0 Å². The molecule has 0 spiro atoms. The maximum atomic E-state index is 12.2. The van der Waals surface area contributed by atoms with Crippen LogP contribution in [0.25, 0.3) is 0 Å². The van der Waals surface area contributed by atoms with Gasteiger partial charge in [0.1, 0.15) is 0 Å². The second-order valence-corrected chi connectivity index (χ2v) is 5.76. The molecule has 0 radical (unpaired) electrons. The van der Waals surface area contributed by atoms with E-state index in [-0.39, 0.29) is 18.9 Å². The molecule has 1 atom stereocenters. The van der Waals surface area contributed by atoms with Crippen molar-refractivity contribution in [3.05, 3.63) is 33.8 Å². The van der Waals surface area contributed by atoms with Crippen LogP contribution >= 0.6 is 23.2 Å². The molecule has 6 heteroatoms. The minimum atomic E-state index is -0.836. The van der Waals surface area contributed by atoms with Crippen LogP contribution in [0.1, 0.15) is 18.4 Å². The van der Waals surface area contributed by atoms with Crippen molar-refractivity contribution in [3.63, 3.8) is 0 Å². The van der Waals surface area contributed by atoms with Crippen molar-refractivity contribution < 1.29 is 14.7 Å². The van der Waals surface area contributed by atoms with Crippen molar-refractivity contribution >= 4 is 35.1 Å². The van der Waals surface area contributed by atoms with Crippen LogP contribution < -0.4 is 0 Å². The Morgan fingerprint density at radius 2 is 2.05 bits per heavy atom. The number of benzene rings is 1. The van der Waals surface area contributed by atoms with Crippen LogP contribution in [0.5, 0.6) is 0 Å². The van der Waals surface area contributed by atoms with Crippen molar-refractivity contribution in [2.75, 3.05) is 13.1 Å². The molecule has 0 saturated carbocycles. The molecule has 1 N–H and O–H groups in total. The molecule has 1 aliphatic heterocycles. The first-order valence-electron chi connectivity index (χ1n) is 6.42. The molecule has 108 valence electrons. The van der Waals surface area contributed by atoms with Crippen LogP contribution in [0.4, 0.5) is 0 Å². The van der Waals surface area contributed by atoms with Gasteiger partial charge in [-0.1, -0.05) is 29.3 Å². The number of carboxylic acid groups (broad SMARTS) is 1. The summed E-state index contributed by atoms with van der Waals surface area (Å²) in [5.74, 6) is -1.37. The predicted octanol–water partition coefficient (Wildman–Crippen LogP) is 2.86. The van der Waals surface area contributed by atoms with Gasteiger partial charge in [0.15, 0.2) is 0 Å². The number of likely N-dealkylation sites (tertiary alicyclic amines) is 1. The first kappa shape index (κ1) is 15.1. The van der Waals surface area contributed by atoms with Crippen molar-refractivity contribution in [2.24, 2.45) is 5.92 Å². The Balaban J connectivity index is 2.00. The van der Waals surface area contributed by atoms with E-state index in [0.29, 0.717) is 23.0 Å². The highest BCUT2D eigenvalue weighted by molar-refractivity contribution is 6.42. The lowest BCUT2D eigenvalue weighted by atomic mass is 9.97. The third-order valence-electron chi connectivity index (χ3n) is 3.46. The number of rotatable bonds is 3. The summed E-state index contributed by atoms with van der Waals surface area (Å²) in [6.45, 7) is 0.902. The van der Waals surface area contributed by atoms with Crippen LogP contribution in [-0.4, -0.2) is 35.0 Å². The van der Waals surface area contributed by atoms with Gasteiger partial charge in [-0.3, -0.25) is 9.59 Å². The zero-order chi connectivity index (χ0) is 14.7. The number of aliphatic carboxylic acids is 1. The third kappa shape index (κ3) is 3.64. The smallest absolute Gasteiger partial charge is 0.308 e. The normalized spacial score (nSPS) is 18.9. The molecule has 1 unspecified atom stereocenters. The number of carboxylic acids is 1. The van der Waals surface area contributed by atoms with Crippen molar-refractivity contribution in [3.8, 4) is 0 Å². The van der Waals surface area contributed by atoms with Gasteiger partial charge in [0.2, 0.25) is 5.91 Å². The summed E-state index contributed by atoms with van der Waals surface area (Å²) < 4.78 is 0. The van der Waals surface area contributed by atoms with Gasteiger partial charge >= 0.3 is 5.97 Å². The molecule has 1 saturated heterocycles. The average Bonchev–Trinajstić information content (AvgIpc) is 2.43. The Bertz CT molecular complexity index is 533. The average molecular weight is 316 g/mol. The third-order valence-corrected chi connectivity index (χ3v) is 4.20. The van der Waals surface area contributed by atoms with Gasteiger partial charge in [0.25, 0.3) is 0 Å². The minimum absolute atomic E-state index is 0.0747. The Morgan fingerprint density at radius 1 is 1.30 bits per heavy atom. The van der Waals surface area contributed by atoms with Gasteiger partial charge in [-0.2, -0.15) is 0 Å². The highest BCUT2D eigenvalue weighted by atomic mass is 35.5. The molecule has 4 nitrogen and oxygen atoms in total. The second kappa shape index (κ2) is 6.46. The summed E-state index contributed by atoms with van der Waals surface area (Å²) in [4.78, 5) is 24.8. The number of nitrogens with zero attached hydrogens (tertiary/aromatic N) is 1. The summed E-state index contributed by atoms with van der Waals surface area (Å²) in [7, 11) is 0. The standard InChI is InChI=1S/C14H15Cl2NO3/c15-11-4-3-9(6-12(11)16)7-13(18)17-5-1-2-10(8-17)14(19)20/h3-4,6,10H,1-2,5,7-8H2,(H,19,20). The van der Waals surface area contributed by atoms with E-state index >= 15 is 0 Å². The highest BCUT2D eigenvalue weighted by Crippen LogP contribution is 2.23. The van der Waals surface area contributed by atoms with Crippen LogP contribution in [0, 0.1) is 5.92 Å². The largest absolute Gasteiger partial charge is 0.481 e. The number of carbonyl (C=O) groups excluding carboxylic acids is 1. The molecule has 2 rings (SSSR count).